The lowest BCUT2D eigenvalue weighted by molar-refractivity contribution is -0.138. The van der Waals surface area contributed by atoms with Crippen molar-refractivity contribution in [3.8, 4) is 5.82 Å². The lowest BCUT2D eigenvalue weighted by Gasteiger charge is -2.36. The molecule has 0 aliphatic carbocycles. The van der Waals surface area contributed by atoms with Crippen molar-refractivity contribution >= 4 is 57.8 Å². The van der Waals surface area contributed by atoms with Crippen LogP contribution in [0.4, 0.5) is 72.4 Å². The number of nitrogens with zero attached hydrogens (tertiary/aromatic N) is 8. The summed E-state index contributed by atoms with van der Waals surface area (Å²) >= 11 is 0. The van der Waals surface area contributed by atoms with Crippen LogP contribution in [0.15, 0.2) is 104 Å². The molecular weight excluding hydrogens is 1060 g/mol. The van der Waals surface area contributed by atoms with Crippen LogP contribution in [0.3, 0.4) is 0 Å². The average molecular weight is 1130 g/mol. The Bertz CT molecular complexity index is 3260. The number of alkyl halides is 6. The van der Waals surface area contributed by atoms with E-state index in [-0.39, 0.29) is 24.2 Å². The maximum atomic E-state index is 13.7. The normalized spacial score (nSPS) is 14.4. The molecule has 0 spiro atoms. The van der Waals surface area contributed by atoms with Crippen LogP contribution < -0.4 is 38.1 Å². The number of hydrogen-bond donors (Lipinski definition) is 9. The van der Waals surface area contributed by atoms with Crippen LogP contribution in [0.5, 0.6) is 0 Å². The number of amides is 2. The number of carbonyl (C=O) groups excluding carboxylic acids is 2. The molecule has 432 valence electrons. The number of likely N-dealkylation sites (tertiary alicyclic amines) is 2. The summed E-state index contributed by atoms with van der Waals surface area (Å²) in [6, 6.07) is 22.0. The van der Waals surface area contributed by atoms with E-state index in [0.29, 0.717) is 89.7 Å². The number of nitrogens with two attached hydrogens (primary N) is 2. The second-order valence-corrected chi connectivity index (χ2v) is 19.4. The summed E-state index contributed by atoms with van der Waals surface area (Å²) in [6.45, 7) is 12.0. The molecule has 3 aromatic heterocycles. The van der Waals surface area contributed by atoms with Gasteiger partial charge in [0.05, 0.1) is 29.0 Å². The summed E-state index contributed by atoms with van der Waals surface area (Å²) in [6.07, 6.45) is -5.48. The van der Waals surface area contributed by atoms with Crippen molar-refractivity contribution < 1.29 is 46.1 Å². The van der Waals surface area contributed by atoms with E-state index in [0.717, 1.165) is 46.9 Å². The van der Waals surface area contributed by atoms with E-state index in [2.05, 4.69) is 65.5 Å². The summed E-state index contributed by atoms with van der Waals surface area (Å²) in [7, 11) is 3.53. The zero-order valence-electron chi connectivity index (χ0n) is 45.8. The highest BCUT2D eigenvalue weighted by molar-refractivity contribution is 6.05. The molecule has 9 rings (SSSR count). The first kappa shape index (κ1) is 61.8. The van der Waals surface area contributed by atoms with Gasteiger partial charge in [0.2, 0.25) is 0 Å². The van der Waals surface area contributed by atoms with Gasteiger partial charge in [-0.25, -0.2) is 19.9 Å². The Balaban J connectivity index is 0.000000229. The number of nitrogens with one attached hydrogen (secondary N) is 5. The van der Waals surface area contributed by atoms with E-state index in [1.165, 1.54) is 31.2 Å². The average Bonchev–Trinajstić information content (AvgIpc) is 4.07. The van der Waals surface area contributed by atoms with Crippen LogP contribution in [0.1, 0.15) is 86.5 Å². The molecular formula is C56H67F6N15O4. The number of hydrogen-bond acceptors (Lipinski definition) is 16. The zero-order valence-corrected chi connectivity index (χ0v) is 45.8. The first-order valence-corrected chi connectivity index (χ1v) is 25.8. The Labute approximate surface area is 465 Å². The van der Waals surface area contributed by atoms with Crippen molar-refractivity contribution in [2.75, 3.05) is 78.3 Å². The van der Waals surface area contributed by atoms with Crippen LogP contribution in [0.25, 0.3) is 5.82 Å². The van der Waals surface area contributed by atoms with Crippen molar-refractivity contribution in [2.24, 2.45) is 0 Å². The first-order chi connectivity index (χ1) is 38.3. The number of β-amino-alcohol motifs (C(OH)–C–C–N with tert-alkyl or cyclic N) is 2. The highest BCUT2D eigenvalue weighted by Gasteiger charge is 2.34. The number of carbonyl (C=O) groups is 2. The Kier molecular flexibility index (Phi) is 21.1. The highest BCUT2D eigenvalue weighted by atomic mass is 19.4. The molecule has 11 N–H and O–H groups in total. The third-order valence-corrected chi connectivity index (χ3v) is 12.4. The Morgan fingerprint density at radius 3 is 1.65 bits per heavy atom. The minimum absolute atomic E-state index is 0.0833. The van der Waals surface area contributed by atoms with Gasteiger partial charge >= 0.3 is 12.4 Å². The molecule has 0 radical (unpaired) electrons. The van der Waals surface area contributed by atoms with Gasteiger partial charge in [-0.2, -0.15) is 36.1 Å². The van der Waals surface area contributed by atoms with Gasteiger partial charge in [0.25, 0.3) is 11.8 Å². The molecule has 19 nitrogen and oxygen atoms in total. The lowest BCUT2D eigenvalue weighted by atomic mass is 10.0. The van der Waals surface area contributed by atoms with E-state index < -0.39 is 47.5 Å². The molecule has 1 unspecified atom stereocenters. The van der Waals surface area contributed by atoms with Crippen molar-refractivity contribution in [3.05, 3.63) is 154 Å². The molecule has 2 aliphatic heterocycles. The van der Waals surface area contributed by atoms with Crippen molar-refractivity contribution in [2.45, 2.75) is 85.1 Å². The topological polar surface area (TPSA) is 263 Å². The van der Waals surface area contributed by atoms with Crippen LogP contribution in [-0.2, 0) is 25.4 Å². The van der Waals surface area contributed by atoms with E-state index in [1.54, 1.807) is 67.3 Å². The summed E-state index contributed by atoms with van der Waals surface area (Å²) in [5, 5.41) is 38.1. The summed E-state index contributed by atoms with van der Waals surface area (Å²) in [5.74, 6) is 1.69. The zero-order chi connectivity index (χ0) is 59.2. The van der Waals surface area contributed by atoms with Gasteiger partial charge in [-0.3, -0.25) is 19.4 Å². The van der Waals surface area contributed by atoms with Crippen LogP contribution in [-0.4, -0.2) is 114 Å². The summed E-state index contributed by atoms with van der Waals surface area (Å²) in [4.78, 5) is 45.4. The second kappa shape index (κ2) is 27.7. The molecule has 7 aromatic rings. The van der Waals surface area contributed by atoms with Gasteiger partial charge in [-0.1, -0.05) is 32.4 Å². The monoisotopic (exact) mass is 1130 g/mol. The molecule has 2 amide bonds. The van der Waals surface area contributed by atoms with Crippen LogP contribution in [0, 0.1) is 20.8 Å². The fraction of sp³-hybridized carbons (Fsp3) is 0.339. The van der Waals surface area contributed by atoms with Crippen molar-refractivity contribution in [1.29, 1.82) is 0 Å². The van der Waals surface area contributed by atoms with Gasteiger partial charge in [0.15, 0.2) is 5.82 Å². The Hall–Kier alpha value is -8.39. The van der Waals surface area contributed by atoms with Gasteiger partial charge in [-0.05, 0) is 110 Å². The maximum absolute atomic E-state index is 13.7. The first-order valence-electron chi connectivity index (χ1n) is 25.8. The fourth-order valence-corrected chi connectivity index (χ4v) is 8.27. The van der Waals surface area contributed by atoms with Gasteiger partial charge in [0.1, 0.15) is 35.9 Å². The number of anilines is 8. The summed E-state index contributed by atoms with van der Waals surface area (Å²) < 4.78 is 82.4. The van der Waals surface area contributed by atoms with Crippen LogP contribution >= 0.6 is 0 Å². The molecule has 4 aromatic carbocycles. The van der Waals surface area contributed by atoms with Gasteiger partial charge < -0.3 is 48.3 Å². The Morgan fingerprint density at radius 2 is 1.16 bits per heavy atom. The fourth-order valence-electron chi connectivity index (χ4n) is 8.27. The number of rotatable bonds is 13. The SMILES string of the molecule is CCC.CNc1cc(-n2nc(C)cc2Nc2cc(NC(=O)c3cc(CN4CCC(O)C4)cc(C(F)(F)F)c3)ccc2C)ncn1.CNc1cc(N)ncn1.Cc1ccc(NC(=O)c2cc(CN3CC(O)C3)cc(C(F)(F)F)c2)cc1N. The van der Waals surface area contributed by atoms with E-state index in [4.69, 9.17) is 11.5 Å². The van der Waals surface area contributed by atoms with Gasteiger partial charge in [-0.15, -0.1) is 0 Å². The minimum atomic E-state index is -4.62. The number of aliphatic hydroxyl groups is 2. The number of halogens is 6. The van der Waals surface area contributed by atoms with Crippen LogP contribution in [0.2, 0.25) is 0 Å². The molecule has 81 heavy (non-hydrogen) atoms. The van der Waals surface area contributed by atoms with Gasteiger partial charge in [0, 0.05) is 105 Å². The lowest BCUT2D eigenvalue weighted by Crippen LogP contribution is -2.49. The smallest absolute Gasteiger partial charge is 0.398 e. The third-order valence-electron chi connectivity index (χ3n) is 12.4. The molecule has 25 heteroatoms. The molecule has 0 saturated carbocycles. The molecule has 2 fully saturated rings. The van der Waals surface area contributed by atoms with Crippen molar-refractivity contribution in [3.63, 3.8) is 0 Å². The maximum Gasteiger partial charge on any atom is 0.416 e. The predicted molar refractivity (Wildman–Crippen MR) is 301 cm³/mol. The standard InChI is InChI=1S/C29H31F3N8O2.C19H20F3N3O2.C5H8N4.C3H8/c1-17-4-5-22(12-24(17)37-27-8-18(2)38-40(27)26-13-25(33-3)34-16-35-26)36-28(42)20-9-19(10-21(11-20)29(30,31)32)14-39-7-6-23(41)15-39;1-11-2-3-15(7-17(11)23)24-18(27)13-4-12(8-25-9-16(26)10-25)5-14(6-13)19(20,21)22;1-7-5-2-4(6)8-3-9-5;1-3-2/h4-5,8-13,16,23,37,41H,6-7,14-15H2,1-3H3,(H,36,42)(H,33,34,35);2-7,16,26H,8-10,23H2,1H3,(H,24,27);2-3H,1H3,(H3,6,7,8,9);3H2,1-2H3. The highest BCUT2D eigenvalue weighted by Crippen LogP contribution is 2.34. The number of nitrogen functional groups attached to an aromatic ring is 2. The summed E-state index contributed by atoms with van der Waals surface area (Å²) in [5.41, 5.74) is 14.3. The Morgan fingerprint density at radius 1 is 0.642 bits per heavy atom. The number of aromatic nitrogens is 6. The quantitative estimate of drug-likeness (QED) is 0.0385. The van der Waals surface area contributed by atoms with Crippen molar-refractivity contribution in [1.82, 2.24) is 39.5 Å². The van der Waals surface area contributed by atoms with E-state index >= 15 is 0 Å². The predicted octanol–water partition coefficient (Wildman–Crippen LogP) is 9.44. The molecule has 5 heterocycles. The molecule has 2 saturated heterocycles. The van der Waals surface area contributed by atoms with E-state index in [1.807, 2.05) is 36.6 Å². The molecule has 1 atom stereocenters. The number of aliphatic hydroxyl groups excluding tert-OH is 2. The third kappa shape index (κ3) is 18.1. The number of aryl methyl sites for hydroxylation is 3. The number of benzene rings is 4. The minimum Gasteiger partial charge on any atom is -0.398 e. The molecule has 2 aliphatic rings. The largest absolute Gasteiger partial charge is 0.416 e. The van der Waals surface area contributed by atoms with E-state index in [9.17, 15) is 46.1 Å². The second-order valence-electron chi connectivity index (χ2n) is 19.4. The molecule has 0 bridgehead atoms.